The molecule has 1 aromatic rings. The summed E-state index contributed by atoms with van der Waals surface area (Å²) in [4.78, 5) is 12.0. The number of hydrogen-bond acceptors (Lipinski definition) is 3. The fourth-order valence-corrected chi connectivity index (χ4v) is 4.79. The van der Waals surface area contributed by atoms with E-state index in [9.17, 15) is 13.2 Å². The Morgan fingerprint density at radius 2 is 1.84 bits per heavy atom. The minimum absolute atomic E-state index is 0.0708. The van der Waals surface area contributed by atoms with Crippen LogP contribution in [0.2, 0.25) is 0 Å². The summed E-state index contributed by atoms with van der Waals surface area (Å²) in [5, 5.41) is 3.01. The van der Waals surface area contributed by atoms with Gasteiger partial charge in [-0.3, -0.25) is 4.79 Å². The Morgan fingerprint density at radius 3 is 2.60 bits per heavy atom. The molecule has 3 rings (SSSR count). The minimum atomic E-state index is -3.55. The highest BCUT2D eigenvalue weighted by Crippen LogP contribution is 2.20. The lowest BCUT2D eigenvalue weighted by Crippen LogP contribution is -2.44. The first-order chi connectivity index (χ1) is 12.0. The zero-order chi connectivity index (χ0) is 17.7. The Balaban J connectivity index is 1.45. The molecule has 1 saturated carbocycles. The van der Waals surface area contributed by atoms with Crippen LogP contribution in [0.5, 0.6) is 0 Å². The lowest BCUT2D eigenvalue weighted by molar-refractivity contribution is -0.121. The van der Waals surface area contributed by atoms with Crippen molar-refractivity contribution >= 4 is 16.1 Å². The van der Waals surface area contributed by atoms with Gasteiger partial charge in [0.2, 0.25) is 5.91 Å². The summed E-state index contributed by atoms with van der Waals surface area (Å²) in [5.41, 5.74) is 2.26. The van der Waals surface area contributed by atoms with E-state index < -0.39 is 10.2 Å². The monoisotopic (exact) mass is 365 g/mol. The first kappa shape index (κ1) is 18.4. The van der Waals surface area contributed by atoms with Crippen LogP contribution in [0.15, 0.2) is 24.3 Å². The molecule has 0 bridgehead atoms. The van der Waals surface area contributed by atoms with Crippen LogP contribution in [-0.2, 0) is 28.0 Å². The molecule has 0 saturated heterocycles. The standard InChI is InChI=1S/C18H27N3O3S/c22-18(20-17-8-2-1-3-9-17)10-12-19-25(23,24)21-13-11-15-6-4-5-7-16(15)14-21/h4-7,17,19H,1-3,8-14H2,(H,20,22). The second-order valence-electron chi connectivity index (χ2n) is 6.90. The van der Waals surface area contributed by atoms with Gasteiger partial charge in [-0.1, -0.05) is 43.5 Å². The highest BCUT2D eigenvalue weighted by molar-refractivity contribution is 7.87. The maximum absolute atomic E-state index is 12.4. The highest BCUT2D eigenvalue weighted by Gasteiger charge is 2.26. The fraction of sp³-hybridized carbons (Fsp3) is 0.611. The van der Waals surface area contributed by atoms with Crippen molar-refractivity contribution in [3.05, 3.63) is 35.4 Å². The molecule has 1 fully saturated rings. The van der Waals surface area contributed by atoms with E-state index in [1.165, 1.54) is 16.3 Å². The Morgan fingerprint density at radius 1 is 1.12 bits per heavy atom. The number of carbonyl (C=O) groups excluding carboxylic acids is 1. The van der Waals surface area contributed by atoms with Crippen molar-refractivity contribution in [1.29, 1.82) is 0 Å². The second-order valence-corrected chi connectivity index (χ2v) is 8.66. The number of amides is 1. The quantitative estimate of drug-likeness (QED) is 0.806. The van der Waals surface area contributed by atoms with E-state index in [2.05, 4.69) is 10.0 Å². The molecular formula is C18H27N3O3S. The summed E-state index contributed by atoms with van der Waals surface area (Å²) < 4.78 is 28.9. The molecule has 6 nitrogen and oxygen atoms in total. The third kappa shape index (κ3) is 5.03. The molecule has 1 aliphatic carbocycles. The summed E-state index contributed by atoms with van der Waals surface area (Å²) >= 11 is 0. The number of fused-ring (bicyclic) bond motifs is 1. The molecule has 1 amide bonds. The summed E-state index contributed by atoms with van der Waals surface area (Å²) in [6.07, 6.45) is 6.53. The van der Waals surface area contributed by atoms with Gasteiger partial charge in [0, 0.05) is 32.1 Å². The zero-order valence-corrected chi connectivity index (χ0v) is 15.4. The van der Waals surface area contributed by atoms with Crippen molar-refractivity contribution in [2.24, 2.45) is 0 Å². The van der Waals surface area contributed by atoms with Crippen LogP contribution in [-0.4, -0.2) is 37.8 Å². The van der Waals surface area contributed by atoms with Gasteiger partial charge in [-0.25, -0.2) is 4.72 Å². The number of nitrogens with zero attached hydrogens (tertiary/aromatic N) is 1. The van der Waals surface area contributed by atoms with Gasteiger partial charge in [0.25, 0.3) is 10.2 Å². The van der Waals surface area contributed by atoms with E-state index in [4.69, 9.17) is 0 Å². The van der Waals surface area contributed by atoms with E-state index >= 15 is 0 Å². The topological polar surface area (TPSA) is 78.5 Å². The molecule has 0 atom stereocenters. The van der Waals surface area contributed by atoms with Gasteiger partial charge >= 0.3 is 0 Å². The molecule has 2 aliphatic rings. The SMILES string of the molecule is O=C(CCNS(=O)(=O)N1CCc2ccccc2C1)NC1CCCCC1. The fourth-order valence-electron chi connectivity index (χ4n) is 3.61. The van der Waals surface area contributed by atoms with Gasteiger partial charge in [-0.05, 0) is 30.4 Å². The number of rotatable bonds is 6. The average molecular weight is 365 g/mol. The summed E-state index contributed by atoms with van der Waals surface area (Å²) in [5.74, 6) is -0.0708. The van der Waals surface area contributed by atoms with Crippen molar-refractivity contribution in [1.82, 2.24) is 14.3 Å². The van der Waals surface area contributed by atoms with Gasteiger partial charge in [0.15, 0.2) is 0 Å². The normalized spacial score (nSPS) is 19.4. The lowest BCUT2D eigenvalue weighted by atomic mass is 9.95. The summed E-state index contributed by atoms with van der Waals surface area (Å²) in [7, 11) is -3.55. The molecule has 0 radical (unpaired) electrons. The van der Waals surface area contributed by atoms with Crippen molar-refractivity contribution in [2.45, 2.75) is 57.5 Å². The van der Waals surface area contributed by atoms with Crippen molar-refractivity contribution < 1.29 is 13.2 Å². The second kappa shape index (κ2) is 8.29. The van der Waals surface area contributed by atoms with Gasteiger partial charge in [-0.2, -0.15) is 12.7 Å². The highest BCUT2D eigenvalue weighted by atomic mass is 32.2. The first-order valence-corrected chi connectivity index (χ1v) is 10.6. The smallest absolute Gasteiger partial charge is 0.279 e. The largest absolute Gasteiger partial charge is 0.353 e. The molecule has 7 heteroatoms. The molecule has 0 aromatic heterocycles. The van der Waals surface area contributed by atoms with Crippen LogP contribution in [0, 0.1) is 0 Å². The Hall–Kier alpha value is -1.44. The maximum Gasteiger partial charge on any atom is 0.279 e. The van der Waals surface area contributed by atoms with Crippen LogP contribution in [0.4, 0.5) is 0 Å². The van der Waals surface area contributed by atoms with Gasteiger partial charge in [0.05, 0.1) is 0 Å². The molecule has 25 heavy (non-hydrogen) atoms. The first-order valence-electron chi connectivity index (χ1n) is 9.15. The van der Waals surface area contributed by atoms with E-state index in [-0.39, 0.29) is 24.9 Å². The van der Waals surface area contributed by atoms with E-state index in [1.807, 2.05) is 24.3 Å². The molecule has 138 valence electrons. The predicted octanol–water partition coefficient (Wildman–Crippen LogP) is 1.72. The van der Waals surface area contributed by atoms with Crippen LogP contribution < -0.4 is 10.0 Å². The number of benzene rings is 1. The molecule has 0 unspecified atom stereocenters. The third-order valence-electron chi connectivity index (χ3n) is 5.04. The van der Waals surface area contributed by atoms with Crippen molar-refractivity contribution in [2.75, 3.05) is 13.1 Å². The van der Waals surface area contributed by atoms with E-state index in [0.717, 1.165) is 37.7 Å². The molecule has 1 heterocycles. The zero-order valence-electron chi connectivity index (χ0n) is 14.5. The molecule has 1 aromatic carbocycles. The Labute approximate surface area is 150 Å². The molecule has 0 spiro atoms. The number of hydrogen-bond donors (Lipinski definition) is 2. The molecular weight excluding hydrogens is 338 g/mol. The van der Waals surface area contributed by atoms with Crippen LogP contribution in [0.1, 0.15) is 49.7 Å². The van der Waals surface area contributed by atoms with Gasteiger partial charge < -0.3 is 5.32 Å². The number of nitrogens with one attached hydrogen (secondary N) is 2. The van der Waals surface area contributed by atoms with Crippen LogP contribution in [0.3, 0.4) is 0 Å². The van der Waals surface area contributed by atoms with Gasteiger partial charge in [-0.15, -0.1) is 0 Å². The summed E-state index contributed by atoms with van der Waals surface area (Å²) in [6, 6.07) is 8.18. The van der Waals surface area contributed by atoms with E-state index in [0.29, 0.717) is 13.1 Å². The lowest BCUT2D eigenvalue weighted by Gasteiger charge is -2.28. The number of carbonyl (C=O) groups is 1. The van der Waals surface area contributed by atoms with E-state index in [1.54, 1.807) is 0 Å². The summed E-state index contributed by atoms with van der Waals surface area (Å²) in [6.45, 7) is 0.999. The molecule has 1 aliphatic heterocycles. The third-order valence-corrected chi connectivity index (χ3v) is 6.60. The average Bonchev–Trinajstić information content (AvgIpc) is 2.62. The van der Waals surface area contributed by atoms with Gasteiger partial charge in [0.1, 0.15) is 0 Å². The van der Waals surface area contributed by atoms with Crippen molar-refractivity contribution in [3.8, 4) is 0 Å². The van der Waals surface area contributed by atoms with Crippen LogP contribution in [0.25, 0.3) is 0 Å². The minimum Gasteiger partial charge on any atom is -0.353 e. The van der Waals surface area contributed by atoms with Crippen molar-refractivity contribution in [3.63, 3.8) is 0 Å². The Bertz CT molecular complexity index is 699. The maximum atomic E-state index is 12.4. The predicted molar refractivity (Wildman–Crippen MR) is 97.1 cm³/mol. The van der Waals surface area contributed by atoms with Crippen LogP contribution >= 0.6 is 0 Å². The molecule has 2 N–H and O–H groups in total. The Kier molecular flexibility index (Phi) is 6.09.